The van der Waals surface area contributed by atoms with E-state index >= 15 is 0 Å². The van der Waals surface area contributed by atoms with E-state index in [1.54, 1.807) is 0 Å². The number of carbonyl (C=O) groups excluding carboxylic acids is 2. The molecule has 8 heteroatoms. The number of amides is 2. The Hall–Kier alpha value is -2.54. The van der Waals surface area contributed by atoms with Gasteiger partial charge >= 0.3 is 6.18 Å². The molecule has 4 nitrogen and oxygen atoms in total. The van der Waals surface area contributed by atoms with E-state index < -0.39 is 23.6 Å². The highest BCUT2D eigenvalue weighted by Gasteiger charge is 2.30. The smallest absolute Gasteiger partial charge is 0.366 e. The second-order valence-electron chi connectivity index (χ2n) is 4.94. The SMILES string of the molecule is Cl.NC(=O)c1cccc(C(N)=O)c1Cc1cccc(C(F)(F)F)c1. The minimum atomic E-state index is -4.48. The number of rotatable bonds is 4. The van der Waals surface area contributed by atoms with Crippen molar-refractivity contribution in [1.29, 1.82) is 0 Å². The summed E-state index contributed by atoms with van der Waals surface area (Å²) in [5.74, 6) is -1.56. The van der Waals surface area contributed by atoms with Gasteiger partial charge in [-0.1, -0.05) is 24.3 Å². The standard InChI is InChI=1S/C16H13F3N2O2.ClH/c17-16(18,19)10-4-1-3-9(7-10)8-13-11(14(20)22)5-2-6-12(13)15(21)23;/h1-7H,8H2,(H2,20,22)(H2,21,23);1H. The van der Waals surface area contributed by atoms with E-state index in [1.807, 2.05) is 0 Å². The van der Waals surface area contributed by atoms with Gasteiger partial charge in [-0.05, 0) is 35.7 Å². The molecule has 0 aromatic heterocycles. The lowest BCUT2D eigenvalue weighted by Gasteiger charge is -2.13. The van der Waals surface area contributed by atoms with E-state index in [0.29, 0.717) is 0 Å². The minimum absolute atomic E-state index is 0. The number of carbonyl (C=O) groups is 2. The summed E-state index contributed by atoms with van der Waals surface area (Å²) >= 11 is 0. The molecule has 0 aliphatic heterocycles. The van der Waals surface area contributed by atoms with Crippen LogP contribution >= 0.6 is 12.4 Å². The van der Waals surface area contributed by atoms with Crippen molar-refractivity contribution in [1.82, 2.24) is 0 Å². The van der Waals surface area contributed by atoms with Crippen molar-refractivity contribution in [2.24, 2.45) is 11.5 Å². The van der Waals surface area contributed by atoms with Crippen LogP contribution in [0.5, 0.6) is 0 Å². The van der Waals surface area contributed by atoms with Gasteiger partial charge in [0, 0.05) is 11.1 Å². The summed E-state index contributed by atoms with van der Waals surface area (Å²) < 4.78 is 38.3. The average molecular weight is 359 g/mol. The molecule has 4 N–H and O–H groups in total. The second kappa shape index (κ2) is 7.35. The van der Waals surface area contributed by atoms with Crippen LogP contribution in [0.15, 0.2) is 42.5 Å². The number of alkyl halides is 3. The molecule has 0 heterocycles. The third kappa shape index (κ3) is 4.26. The van der Waals surface area contributed by atoms with Crippen LogP contribution in [-0.4, -0.2) is 11.8 Å². The summed E-state index contributed by atoms with van der Waals surface area (Å²) in [5, 5.41) is 0. The van der Waals surface area contributed by atoms with E-state index in [2.05, 4.69) is 0 Å². The summed E-state index contributed by atoms with van der Waals surface area (Å²) in [7, 11) is 0. The van der Waals surface area contributed by atoms with Crippen molar-refractivity contribution in [3.63, 3.8) is 0 Å². The summed E-state index contributed by atoms with van der Waals surface area (Å²) in [6, 6.07) is 8.87. The van der Waals surface area contributed by atoms with Gasteiger partial charge in [-0.25, -0.2) is 0 Å². The van der Waals surface area contributed by atoms with Gasteiger partial charge in [0.15, 0.2) is 0 Å². The Labute approximate surface area is 142 Å². The molecule has 0 bridgehead atoms. The number of nitrogens with two attached hydrogens (primary N) is 2. The van der Waals surface area contributed by atoms with Gasteiger partial charge in [0.05, 0.1) is 5.56 Å². The number of hydrogen-bond donors (Lipinski definition) is 2. The largest absolute Gasteiger partial charge is 0.416 e. The lowest BCUT2D eigenvalue weighted by molar-refractivity contribution is -0.137. The number of benzene rings is 2. The van der Waals surface area contributed by atoms with Gasteiger partial charge in [0.2, 0.25) is 11.8 Å². The van der Waals surface area contributed by atoms with Gasteiger partial charge in [-0.3, -0.25) is 9.59 Å². The molecule has 24 heavy (non-hydrogen) atoms. The normalized spacial score (nSPS) is 10.8. The van der Waals surface area contributed by atoms with Gasteiger partial charge < -0.3 is 11.5 Å². The Kier molecular flexibility index (Phi) is 5.98. The highest BCUT2D eigenvalue weighted by Crippen LogP contribution is 2.30. The van der Waals surface area contributed by atoms with Gasteiger partial charge in [0.1, 0.15) is 0 Å². The van der Waals surface area contributed by atoms with E-state index in [1.165, 1.54) is 30.3 Å². The van der Waals surface area contributed by atoms with Gasteiger partial charge in [-0.15, -0.1) is 12.4 Å². The van der Waals surface area contributed by atoms with Gasteiger partial charge in [-0.2, -0.15) is 13.2 Å². The predicted octanol–water partition coefficient (Wildman–Crippen LogP) is 2.92. The first-order valence-electron chi connectivity index (χ1n) is 6.58. The summed E-state index contributed by atoms with van der Waals surface area (Å²) in [4.78, 5) is 23.0. The topological polar surface area (TPSA) is 86.2 Å². The fourth-order valence-corrected chi connectivity index (χ4v) is 2.30. The van der Waals surface area contributed by atoms with Crippen LogP contribution in [0.1, 0.15) is 37.4 Å². The van der Waals surface area contributed by atoms with E-state index in [4.69, 9.17) is 11.5 Å². The van der Waals surface area contributed by atoms with Crippen molar-refractivity contribution >= 4 is 24.2 Å². The Balaban J connectivity index is 0.00000288. The minimum Gasteiger partial charge on any atom is -0.366 e. The molecular formula is C16H14ClF3N2O2. The first kappa shape index (κ1) is 19.5. The Morgan fingerprint density at radius 1 is 0.917 bits per heavy atom. The molecule has 0 fully saturated rings. The molecule has 0 saturated heterocycles. The number of hydrogen-bond acceptors (Lipinski definition) is 2. The zero-order valence-electron chi connectivity index (χ0n) is 12.3. The van der Waals surface area contributed by atoms with E-state index in [0.717, 1.165) is 12.1 Å². The molecule has 0 spiro atoms. The zero-order chi connectivity index (χ0) is 17.2. The van der Waals surface area contributed by atoms with Crippen LogP contribution < -0.4 is 11.5 Å². The van der Waals surface area contributed by atoms with E-state index in [-0.39, 0.29) is 41.1 Å². The molecule has 0 radical (unpaired) electrons. The maximum absolute atomic E-state index is 12.8. The van der Waals surface area contributed by atoms with Crippen LogP contribution in [0.25, 0.3) is 0 Å². The number of primary amides is 2. The van der Waals surface area contributed by atoms with Crippen molar-refractivity contribution in [2.75, 3.05) is 0 Å². The highest BCUT2D eigenvalue weighted by molar-refractivity contribution is 6.01. The highest BCUT2D eigenvalue weighted by atomic mass is 35.5. The Bertz CT molecular complexity index is 744. The first-order chi connectivity index (χ1) is 10.7. The lowest BCUT2D eigenvalue weighted by atomic mass is 9.93. The molecule has 2 rings (SSSR count). The van der Waals surface area contributed by atoms with Crippen molar-refractivity contribution in [3.8, 4) is 0 Å². The Morgan fingerprint density at radius 2 is 1.42 bits per heavy atom. The molecule has 0 saturated carbocycles. The third-order valence-corrected chi connectivity index (χ3v) is 3.34. The van der Waals surface area contributed by atoms with Crippen LogP contribution in [-0.2, 0) is 12.6 Å². The molecule has 2 aromatic carbocycles. The van der Waals surface area contributed by atoms with Crippen molar-refractivity contribution in [2.45, 2.75) is 12.6 Å². The van der Waals surface area contributed by atoms with Crippen LogP contribution in [0.4, 0.5) is 13.2 Å². The average Bonchev–Trinajstić information content (AvgIpc) is 2.46. The summed E-state index contributed by atoms with van der Waals surface area (Å²) in [6.45, 7) is 0. The molecule has 0 unspecified atom stereocenters. The Morgan fingerprint density at radius 3 is 1.88 bits per heavy atom. The third-order valence-electron chi connectivity index (χ3n) is 3.34. The fourth-order valence-electron chi connectivity index (χ4n) is 2.30. The maximum Gasteiger partial charge on any atom is 0.416 e. The second-order valence-corrected chi connectivity index (χ2v) is 4.94. The van der Waals surface area contributed by atoms with Crippen molar-refractivity contribution < 1.29 is 22.8 Å². The fraction of sp³-hybridized carbons (Fsp3) is 0.125. The predicted molar refractivity (Wildman–Crippen MR) is 85.0 cm³/mol. The van der Waals surface area contributed by atoms with Crippen LogP contribution in [0.2, 0.25) is 0 Å². The summed E-state index contributed by atoms with van der Waals surface area (Å²) in [6.07, 6.45) is -4.55. The maximum atomic E-state index is 12.8. The van der Waals surface area contributed by atoms with Crippen LogP contribution in [0.3, 0.4) is 0 Å². The quantitative estimate of drug-likeness (QED) is 0.880. The monoisotopic (exact) mass is 358 g/mol. The number of halogens is 4. The summed E-state index contributed by atoms with van der Waals surface area (Å²) in [5.41, 5.74) is 10.3. The molecule has 2 amide bonds. The molecule has 2 aromatic rings. The zero-order valence-corrected chi connectivity index (χ0v) is 13.1. The molecular weight excluding hydrogens is 345 g/mol. The lowest BCUT2D eigenvalue weighted by Crippen LogP contribution is -2.20. The van der Waals surface area contributed by atoms with Crippen LogP contribution in [0, 0.1) is 0 Å². The van der Waals surface area contributed by atoms with Crippen molar-refractivity contribution in [3.05, 3.63) is 70.3 Å². The van der Waals surface area contributed by atoms with E-state index in [9.17, 15) is 22.8 Å². The molecule has 0 atom stereocenters. The first-order valence-corrected chi connectivity index (χ1v) is 6.58. The molecule has 128 valence electrons. The van der Waals surface area contributed by atoms with Gasteiger partial charge in [0.25, 0.3) is 0 Å². The molecule has 0 aliphatic rings. The molecule has 0 aliphatic carbocycles.